The molecule has 1 aromatic heterocycles. The van der Waals surface area contributed by atoms with Gasteiger partial charge < -0.3 is 20.6 Å². The predicted octanol–water partition coefficient (Wildman–Crippen LogP) is 0.700. The van der Waals surface area contributed by atoms with Crippen molar-refractivity contribution in [2.24, 2.45) is 10.9 Å². The number of anilines is 1. The summed E-state index contributed by atoms with van der Waals surface area (Å²) in [5.41, 5.74) is 5.47. The zero-order valence-electron chi connectivity index (χ0n) is 11.6. The SMILES string of the molecule is COC1CCCN(c2ncc(C(N)=NO)cc2[N+](=O)[O-])C1. The molecule has 0 radical (unpaired) electrons. The molecule has 0 saturated carbocycles. The van der Waals surface area contributed by atoms with Gasteiger partial charge in [0.2, 0.25) is 5.82 Å². The minimum absolute atomic E-state index is 0.0314. The van der Waals surface area contributed by atoms with E-state index >= 15 is 0 Å². The van der Waals surface area contributed by atoms with Crippen molar-refractivity contribution in [3.05, 3.63) is 27.9 Å². The van der Waals surface area contributed by atoms with Crippen molar-refractivity contribution in [1.29, 1.82) is 0 Å². The van der Waals surface area contributed by atoms with Crippen molar-refractivity contribution in [1.82, 2.24) is 4.98 Å². The van der Waals surface area contributed by atoms with Gasteiger partial charge in [0.15, 0.2) is 5.84 Å². The molecule has 1 aromatic rings. The average molecular weight is 295 g/mol. The molecule has 1 fully saturated rings. The zero-order chi connectivity index (χ0) is 15.4. The molecule has 1 saturated heterocycles. The van der Waals surface area contributed by atoms with E-state index in [0.717, 1.165) is 12.8 Å². The largest absolute Gasteiger partial charge is 0.409 e. The fourth-order valence-corrected chi connectivity index (χ4v) is 2.34. The van der Waals surface area contributed by atoms with Gasteiger partial charge >= 0.3 is 5.69 Å². The van der Waals surface area contributed by atoms with Crippen LogP contribution in [-0.4, -0.2) is 47.3 Å². The van der Waals surface area contributed by atoms with Crippen molar-refractivity contribution < 1.29 is 14.9 Å². The summed E-state index contributed by atoms with van der Waals surface area (Å²) in [5, 5.41) is 22.7. The number of aromatic nitrogens is 1. The second kappa shape index (κ2) is 6.35. The highest BCUT2D eigenvalue weighted by Crippen LogP contribution is 2.29. The van der Waals surface area contributed by atoms with Gasteiger partial charge in [-0.05, 0) is 12.8 Å². The highest BCUT2D eigenvalue weighted by atomic mass is 16.6. The lowest BCUT2D eigenvalue weighted by Crippen LogP contribution is -2.40. The van der Waals surface area contributed by atoms with Crippen LogP contribution in [0, 0.1) is 10.1 Å². The number of methoxy groups -OCH3 is 1. The summed E-state index contributed by atoms with van der Waals surface area (Å²) in [6, 6.07) is 1.26. The lowest BCUT2D eigenvalue weighted by atomic mass is 10.1. The summed E-state index contributed by atoms with van der Waals surface area (Å²) in [7, 11) is 1.62. The Morgan fingerprint density at radius 2 is 2.48 bits per heavy atom. The van der Waals surface area contributed by atoms with Crippen LogP contribution in [-0.2, 0) is 4.74 Å². The molecule has 1 aliphatic heterocycles. The number of oxime groups is 1. The first kappa shape index (κ1) is 15.0. The normalized spacial score (nSPS) is 19.6. The molecule has 114 valence electrons. The molecule has 3 N–H and O–H groups in total. The molecule has 9 heteroatoms. The topological polar surface area (TPSA) is 127 Å². The summed E-state index contributed by atoms with van der Waals surface area (Å²) in [4.78, 5) is 16.7. The number of piperidine rings is 1. The Bertz CT molecular complexity index is 563. The molecule has 0 spiro atoms. The summed E-state index contributed by atoms with van der Waals surface area (Å²) in [6.45, 7) is 1.23. The van der Waals surface area contributed by atoms with Crippen molar-refractivity contribution >= 4 is 17.3 Å². The van der Waals surface area contributed by atoms with Gasteiger partial charge in [0.1, 0.15) is 0 Å². The Balaban J connectivity index is 2.36. The molecular formula is C12H17N5O4. The van der Waals surface area contributed by atoms with Crippen LogP contribution in [0.15, 0.2) is 17.4 Å². The van der Waals surface area contributed by atoms with Crippen LogP contribution in [0.3, 0.4) is 0 Å². The highest BCUT2D eigenvalue weighted by Gasteiger charge is 2.27. The first-order valence-electron chi connectivity index (χ1n) is 6.47. The van der Waals surface area contributed by atoms with Crippen LogP contribution in [0.25, 0.3) is 0 Å². The van der Waals surface area contributed by atoms with E-state index in [4.69, 9.17) is 15.7 Å². The Hall–Kier alpha value is -2.42. The van der Waals surface area contributed by atoms with Crippen molar-refractivity contribution in [3.8, 4) is 0 Å². The number of nitro groups is 1. The molecule has 21 heavy (non-hydrogen) atoms. The number of pyridine rings is 1. The van der Waals surface area contributed by atoms with E-state index in [-0.39, 0.29) is 29.0 Å². The fourth-order valence-electron chi connectivity index (χ4n) is 2.34. The van der Waals surface area contributed by atoms with E-state index in [1.807, 2.05) is 4.90 Å². The molecular weight excluding hydrogens is 278 g/mol. The van der Waals surface area contributed by atoms with Gasteiger partial charge in [0.25, 0.3) is 0 Å². The molecule has 1 atom stereocenters. The first-order chi connectivity index (χ1) is 10.1. The number of nitrogens with two attached hydrogens (primary N) is 1. The zero-order valence-corrected chi connectivity index (χ0v) is 11.6. The van der Waals surface area contributed by atoms with Crippen LogP contribution in [0.5, 0.6) is 0 Å². The molecule has 1 aliphatic rings. The monoisotopic (exact) mass is 295 g/mol. The minimum Gasteiger partial charge on any atom is -0.409 e. The number of ether oxygens (including phenoxy) is 1. The van der Waals surface area contributed by atoms with Crippen molar-refractivity contribution in [2.75, 3.05) is 25.1 Å². The Kier molecular flexibility index (Phi) is 4.53. The van der Waals surface area contributed by atoms with Crippen LogP contribution >= 0.6 is 0 Å². The molecule has 0 bridgehead atoms. The third kappa shape index (κ3) is 3.19. The first-order valence-corrected chi connectivity index (χ1v) is 6.47. The fraction of sp³-hybridized carbons (Fsp3) is 0.500. The van der Waals surface area contributed by atoms with E-state index in [1.54, 1.807) is 7.11 Å². The molecule has 9 nitrogen and oxygen atoms in total. The molecule has 0 aliphatic carbocycles. The number of nitrogens with zero attached hydrogens (tertiary/aromatic N) is 4. The average Bonchev–Trinajstić information content (AvgIpc) is 2.53. The van der Waals surface area contributed by atoms with Crippen LogP contribution in [0.1, 0.15) is 18.4 Å². The number of hydrogen-bond donors (Lipinski definition) is 2. The predicted molar refractivity (Wildman–Crippen MR) is 75.6 cm³/mol. The van der Waals surface area contributed by atoms with Gasteiger partial charge in [-0.25, -0.2) is 4.98 Å². The Morgan fingerprint density at radius 3 is 3.10 bits per heavy atom. The summed E-state index contributed by atoms with van der Waals surface area (Å²) >= 11 is 0. The third-order valence-electron chi connectivity index (χ3n) is 3.46. The van der Waals surface area contributed by atoms with Gasteiger partial charge in [-0.2, -0.15) is 0 Å². The third-order valence-corrected chi connectivity index (χ3v) is 3.46. The van der Waals surface area contributed by atoms with Gasteiger partial charge in [-0.1, -0.05) is 5.16 Å². The van der Waals surface area contributed by atoms with Gasteiger partial charge in [-0.3, -0.25) is 10.1 Å². The second-order valence-corrected chi connectivity index (χ2v) is 4.76. The van der Waals surface area contributed by atoms with E-state index in [0.29, 0.717) is 13.1 Å². The van der Waals surface area contributed by atoms with Gasteiger partial charge in [0, 0.05) is 38.0 Å². The summed E-state index contributed by atoms with van der Waals surface area (Å²) < 4.78 is 5.31. The highest BCUT2D eigenvalue weighted by molar-refractivity contribution is 5.97. The van der Waals surface area contributed by atoms with Crippen LogP contribution in [0.4, 0.5) is 11.5 Å². The molecule has 0 amide bonds. The second-order valence-electron chi connectivity index (χ2n) is 4.76. The molecule has 2 heterocycles. The standard InChI is InChI=1S/C12H17N5O4/c1-21-9-3-2-4-16(7-9)12-10(17(19)20)5-8(6-14-12)11(13)15-18/h5-6,9,18H,2-4,7H2,1H3,(H2,13,15). The minimum atomic E-state index is -0.521. The van der Waals surface area contributed by atoms with E-state index < -0.39 is 4.92 Å². The van der Waals surface area contributed by atoms with Gasteiger partial charge in [-0.15, -0.1) is 0 Å². The van der Waals surface area contributed by atoms with E-state index in [1.165, 1.54) is 12.3 Å². The summed E-state index contributed by atoms with van der Waals surface area (Å²) in [6.07, 6.45) is 3.18. The van der Waals surface area contributed by atoms with E-state index in [9.17, 15) is 10.1 Å². The van der Waals surface area contributed by atoms with Crippen LogP contribution in [0.2, 0.25) is 0 Å². The Labute approximate surface area is 121 Å². The van der Waals surface area contributed by atoms with Crippen LogP contribution < -0.4 is 10.6 Å². The quantitative estimate of drug-likeness (QED) is 0.275. The number of hydrogen-bond acceptors (Lipinski definition) is 7. The van der Waals surface area contributed by atoms with E-state index in [2.05, 4.69) is 10.1 Å². The maximum Gasteiger partial charge on any atom is 0.312 e. The summed E-state index contributed by atoms with van der Waals surface area (Å²) in [5.74, 6) is 0.0572. The van der Waals surface area contributed by atoms with Gasteiger partial charge in [0.05, 0.1) is 11.0 Å². The van der Waals surface area contributed by atoms with Crippen molar-refractivity contribution in [3.63, 3.8) is 0 Å². The maximum absolute atomic E-state index is 11.2. The lowest BCUT2D eigenvalue weighted by Gasteiger charge is -2.32. The van der Waals surface area contributed by atoms with Crippen molar-refractivity contribution in [2.45, 2.75) is 18.9 Å². The molecule has 2 rings (SSSR count). The molecule has 1 unspecified atom stereocenters. The maximum atomic E-state index is 11.2. The Morgan fingerprint density at radius 1 is 1.71 bits per heavy atom. The number of amidine groups is 1. The smallest absolute Gasteiger partial charge is 0.312 e. The number of rotatable bonds is 4. The lowest BCUT2D eigenvalue weighted by molar-refractivity contribution is -0.384. The molecule has 0 aromatic carbocycles.